The zero-order valence-corrected chi connectivity index (χ0v) is 12.4. The van der Waals surface area contributed by atoms with Crippen LogP contribution in [-0.2, 0) is 16.6 Å². The van der Waals surface area contributed by atoms with E-state index in [0.717, 1.165) is 13.1 Å². The Hall–Kier alpha value is -1.19. The molecule has 0 aliphatic rings. The summed E-state index contributed by atoms with van der Waals surface area (Å²) in [6.45, 7) is 0.436. The van der Waals surface area contributed by atoms with Crippen molar-refractivity contribution in [2.75, 3.05) is 13.6 Å². The van der Waals surface area contributed by atoms with Crippen LogP contribution in [0.2, 0.25) is 0 Å². The fourth-order valence-corrected chi connectivity index (χ4v) is 3.12. The highest BCUT2D eigenvalue weighted by Crippen LogP contribution is 2.25. The van der Waals surface area contributed by atoms with Gasteiger partial charge in [-0.05, 0) is 24.6 Å². The van der Waals surface area contributed by atoms with E-state index in [-0.39, 0.29) is 22.6 Å². The first-order valence-electron chi connectivity index (χ1n) is 6.01. The van der Waals surface area contributed by atoms with Crippen molar-refractivity contribution in [1.82, 2.24) is 4.31 Å². The Labute approximate surface area is 120 Å². The number of halogens is 4. The third kappa shape index (κ3) is 4.39. The van der Waals surface area contributed by atoms with E-state index in [2.05, 4.69) is 0 Å². The summed E-state index contributed by atoms with van der Waals surface area (Å²) >= 11 is 0. The zero-order valence-electron chi connectivity index (χ0n) is 11.5. The molecular formula is C12H16F4N2O2S. The largest absolute Gasteiger partial charge is 0.390 e. The van der Waals surface area contributed by atoms with Gasteiger partial charge in [-0.15, -0.1) is 0 Å². The van der Waals surface area contributed by atoms with Gasteiger partial charge in [0.05, 0.1) is 11.3 Å². The summed E-state index contributed by atoms with van der Waals surface area (Å²) in [6, 6.07) is 2.28. The third-order valence-corrected chi connectivity index (χ3v) is 4.97. The van der Waals surface area contributed by atoms with E-state index in [1.165, 1.54) is 13.0 Å². The number of hydrogen-bond acceptors (Lipinski definition) is 3. The molecule has 1 aromatic carbocycles. The Morgan fingerprint density at radius 3 is 2.33 bits per heavy atom. The van der Waals surface area contributed by atoms with Gasteiger partial charge in [0.15, 0.2) is 0 Å². The first-order valence-corrected chi connectivity index (χ1v) is 7.45. The number of benzene rings is 1. The Kier molecular flexibility index (Phi) is 5.35. The summed E-state index contributed by atoms with van der Waals surface area (Å²) in [4.78, 5) is -0.368. The fraction of sp³-hybridized carbons (Fsp3) is 0.500. The van der Waals surface area contributed by atoms with Crippen molar-refractivity contribution in [3.8, 4) is 0 Å². The molecule has 1 rings (SSSR count). The molecule has 0 saturated carbocycles. The number of hydrogen-bond donors (Lipinski definition) is 1. The predicted molar refractivity (Wildman–Crippen MR) is 69.5 cm³/mol. The molecule has 21 heavy (non-hydrogen) atoms. The average molecular weight is 328 g/mol. The molecule has 1 aromatic rings. The number of sulfonamides is 1. The van der Waals surface area contributed by atoms with Crippen LogP contribution < -0.4 is 5.73 Å². The van der Waals surface area contributed by atoms with Crippen LogP contribution in [0.5, 0.6) is 0 Å². The van der Waals surface area contributed by atoms with Crippen LogP contribution in [0.4, 0.5) is 17.6 Å². The molecule has 2 N–H and O–H groups in total. The molecule has 120 valence electrons. The van der Waals surface area contributed by atoms with E-state index in [1.54, 1.807) is 0 Å². The minimum atomic E-state index is -4.47. The molecule has 9 heteroatoms. The lowest BCUT2D eigenvalue weighted by Crippen LogP contribution is -2.31. The van der Waals surface area contributed by atoms with E-state index < -0.39 is 35.0 Å². The van der Waals surface area contributed by atoms with E-state index >= 15 is 0 Å². The van der Waals surface area contributed by atoms with Crippen LogP contribution in [0.3, 0.4) is 0 Å². The Bertz CT molecular complexity index is 614. The number of nitrogens with zero attached hydrogens (tertiary/aromatic N) is 1. The van der Waals surface area contributed by atoms with Gasteiger partial charge in [0.25, 0.3) is 0 Å². The van der Waals surface area contributed by atoms with Crippen molar-refractivity contribution >= 4 is 10.0 Å². The van der Waals surface area contributed by atoms with Gasteiger partial charge in [-0.25, -0.2) is 17.1 Å². The van der Waals surface area contributed by atoms with Gasteiger partial charge in [-0.2, -0.15) is 13.2 Å². The lowest BCUT2D eigenvalue weighted by Gasteiger charge is -2.20. The highest BCUT2D eigenvalue weighted by atomic mass is 32.2. The van der Waals surface area contributed by atoms with Gasteiger partial charge in [-0.3, -0.25) is 0 Å². The van der Waals surface area contributed by atoms with Crippen molar-refractivity contribution in [2.45, 2.75) is 31.0 Å². The summed E-state index contributed by atoms with van der Waals surface area (Å²) in [5, 5.41) is 0. The van der Waals surface area contributed by atoms with Crippen molar-refractivity contribution in [2.24, 2.45) is 5.73 Å². The summed E-state index contributed by atoms with van der Waals surface area (Å²) in [5.41, 5.74) is 5.45. The average Bonchev–Trinajstić information content (AvgIpc) is 2.37. The molecule has 0 bridgehead atoms. The van der Waals surface area contributed by atoms with Gasteiger partial charge < -0.3 is 5.73 Å². The molecule has 0 heterocycles. The van der Waals surface area contributed by atoms with Crippen molar-refractivity contribution in [3.05, 3.63) is 29.1 Å². The molecule has 4 nitrogen and oxygen atoms in total. The number of nitrogens with two attached hydrogens (primary N) is 1. The van der Waals surface area contributed by atoms with Crippen LogP contribution >= 0.6 is 0 Å². The highest BCUT2D eigenvalue weighted by molar-refractivity contribution is 7.89. The molecule has 0 aliphatic carbocycles. The molecule has 0 radical (unpaired) electrons. The van der Waals surface area contributed by atoms with Crippen molar-refractivity contribution in [1.29, 1.82) is 0 Å². The second-order valence-electron chi connectivity index (χ2n) is 4.60. The molecular weight excluding hydrogens is 312 g/mol. The van der Waals surface area contributed by atoms with Crippen LogP contribution in [0.25, 0.3) is 0 Å². The topological polar surface area (TPSA) is 63.4 Å². The van der Waals surface area contributed by atoms with Gasteiger partial charge >= 0.3 is 6.18 Å². The van der Waals surface area contributed by atoms with E-state index in [4.69, 9.17) is 5.73 Å². The summed E-state index contributed by atoms with van der Waals surface area (Å²) in [5.74, 6) is -0.763. The minimum Gasteiger partial charge on any atom is -0.326 e. The second-order valence-corrected chi connectivity index (χ2v) is 6.61. The molecule has 0 unspecified atom stereocenters. The van der Waals surface area contributed by atoms with Crippen LogP contribution in [0.15, 0.2) is 17.0 Å². The summed E-state index contributed by atoms with van der Waals surface area (Å²) < 4.78 is 75.2. The first-order chi connectivity index (χ1) is 9.49. The Balaban J connectivity index is 3.16. The standard InChI is InChI=1S/C12H16F4N2O2S/c1-8-10(13)5-9(7-17)6-11(8)21(19,20)18(2)4-3-12(14,15)16/h5-6H,3-4,7,17H2,1-2H3. The summed E-state index contributed by atoms with van der Waals surface area (Å²) in [6.07, 6.45) is -5.75. The quantitative estimate of drug-likeness (QED) is 0.843. The molecule has 0 spiro atoms. The lowest BCUT2D eigenvalue weighted by atomic mass is 10.1. The van der Waals surface area contributed by atoms with Crippen LogP contribution in [0.1, 0.15) is 17.5 Å². The van der Waals surface area contributed by atoms with Gasteiger partial charge in [-0.1, -0.05) is 0 Å². The second kappa shape index (κ2) is 6.29. The van der Waals surface area contributed by atoms with Gasteiger partial charge in [0, 0.05) is 25.7 Å². The maximum Gasteiger partial charge on any atom is 0.390 e. The van der Waals surface area contributed by atoms with Gasteiger partial charge in [0.1, 0.15) is 5.82 Å². The molecule has 0 fully saturated rings. The predicted octanol–water partition coefficient (Wildman–Crippen LogP) is 2.17. The van der Waals surface area contributed by atoms with E-state index in [1.807, 2.05) is 0 Å². The fourth-order valence-electron chi connectivity index (χ4n) is 1.67. The smallest absolute Gasteiger partial charge is 0.326 e. The van der Waals surface area contributed by atoms with Crippen LogP contribution in [-0.4, -0.2) is 32.5 Å². The Morgan fingerprint density at radius 1 is 1.29 bits per heavy atom. The molecule has 0 saturated heterocycles. The maximum absolute atomic E-state index is 13.7. The first kappa shape index (κ1) is 17.9. The monoisotopic (exact) mass is 328 g/mol. The third-order valence-electron chi connectivity index (χ3n) is 2.99. The van der Waals surface area contributed by atoms with Crippen LogP contribution in [0, 0.1) is 12.7 Å². The minimum absolute atomic E-state index is 0.0774. The number of rotatable bonds is 5. The summed E-state index contributed by atoms with van der Waals surface area (Å²) in [7, 11) is -3.19. The normalized spacial score (nSPS) is 13.0. The molecule has 0 amide bonds. The Morgan fingerprint density at radius 2 is 1.86 bits per heavy atom. The maximum atomic E-state index is 13.7. The number of alkyl halides is 3. The zero-order chi connectivity index (χ0) is 16.4. The highest BCUT2D eigenvalue weighted by Gasteiger charge is 2.31. The van der Waals surface area contributed by atoms with E-state index in [9.17, 15) is 26.0 Å². The SMILES string of the molecule is Cc1c(F)cc(CN)cc1S(=O)(=O)N(C)CCC(F)(F)F. The van der Waals surface area contributed by atoms with Gasteiger partial charge in [0.2, 0.25) is 10.0 Å². The van der Waals surface area contributed by atoms with Crippen molar-refractivity contribution < 1.29 is 26.0 Å². The van der Waals surface area contributed by atoms with Crippen molar-refractivity contribution in [3.63, 3.8) is 0 Å². The van der Waals surface area contributed by atoms with E-state index in [0.29, 0.717) is 4.31 Å². The molecule has 0 aliphatic heterocycles. The molecule has 0 atom stereocenters. The molecule has 0 aromatic heterocycles. The lowest BCUT2D eigenvalue weighted by molar-refractivity contribution is -0.135.